The van der Waals surface area contributed by atoms with Crippen molar-refractivity contribution < 1.29 is 9.72 Å². The summed E-state index contributed by atoms with van der Waals surface area (Å²) in [6.45, 7) is 0.313. The third kappa shape index (κ3) is 4.80. The first kappa shape index (κ1) is 16.4. The van der Waals surface area contributed by atoms with E-state index in [-0.39, 0.29) is 11.6 Å². The van der Waals surface area contributed by atoms with Gasteiger partial charge >= 0.3 is 0 Å². The summed E-state index contributed by atoms with van der Waals surface area (Å²) in [5.74, 6) is -0.132. The summed E-state index contributed by atoms with van der Waals surface area (Å²) in [6.07, 6.45) is 7.29. The molecule has 1 N–H and O–H groups in total. The highest BCUT2D eigenvalue weighted by molar-refractivity contribution is 5.92. The first-order valence-electron chi connectivity index (χ1n) is 7.81. The van der Waals surface area contributed by atoms with Gasteiger partial charge in [-0.05, 0) is 26.0 Å². The van der Waals surface area contributed by atoms with E-state index in [9.17, 15) is 14.9 Å². The Bertz CT molecular complexity index is 525. The Morgan fingerprint density at radius 2 is 2.00 bits per heavy atom. The standard InChI is InChI=1S/C16H23N3O3/c1-18(14-8-4-2-3-5-9-14)12-16(20)17-13-7-6-10-15(11-13)19(21)22/h6-7,10-11,14H,2-5,8-9,12H2,1H3,(H,17,20). The molecule has 2 rings (SSSR count). The predicted molar refractivity (Wildman–Crippen MR) is 85.8 cm³/mol. The van der Waals surface area contributed by atoms with Crippen LogP contribution in [0.4, 0.5) is 11.4 Å². The number of nitro groups is 1. The van der Waals surface area contributed by atoms with Crippen molar-refractivity contribution in [3.05, 3.63) is 34.4 Å². The van der Waals surface area contributed by atoms with Crippen LogP contribution in [-0.4, -0.2) is 35.4 Å². The summed E-state index contributed by atoms with van der Waals surface area (Å²) < 4.78 is 0. The molecule has 6 heteroatoms. The molecule has 0 aromatic heterocycles. The van der Waals surface area contributed by atoms with Crippen LogP contribution in [0.2, 0.25) is 0 Å². The number of rotatable bonds is 5. The van der Waals surface area contributed by atoms with Crippen LogP contribution in [0.1, 0.15) is 38.5 Å². The molecule has 6 nitrogen and oxygen atoms in total. The van der Waals surface area contributed by atoms with Gasteiger partial charge in [0.15, 0.2) is 0 Å². The molecule has 1 fully saturated rings. The number of amides is 1. The van der Waals surface area contributed by atoms with Crippen LogP contribution in [0.3, 0.4) is 0 Å². The third-order valence-corrected chi connectivity index (χ3v) is 4.18. The summed E-state index contributed by atoms with van der Waals surface area (Å²) >= 11 is 0. The van der Waals surface area contributed by atoms with E-state index in [2.05, 4.69) is 10.2 Å². The number of hydrogen-bond donors (Lipinski definition) is 1. The molecule has 0 heterocycles. The smallest absolute Gasteiger partial charge is 0.271 e. The van der Waals surface area contributed by atoms with E-state index in [1.165, 1.54) is 37.8 Å². The van der Waals surface area contributed by atoms with Crippen molar-refractivity contribution >= 4 is 17.3 Å². The molecule has 0 atom stereocenters. The maximum Gasteiger partial charge on any atom is 0.271 e. The molecule has 1 aromatic rings. The second-order valence-electron chi connectivity index (χ2n) is 5.92. The number of nitrogens with one attached hydrogen (secondary N) is 1. The van der Waals surface area contributed by atoms with Gasteiger partial charge in [-0.15, -0.1) is 0 Å². The van der Waals surface area contributed by atoms with Crippen molar-refractivity contribution in [3.63, 3.8) is 0 Å². The molecule has 0 spiro atoms. The topological polar surface area (TPSA) is 75.5 Å². The first-order valence-corrected chi connectivity index (χ1v) is 7.81. The van der Waals surface area contributed by atoms with E-state index in [0.29, 0.717) is 18.3 Å². The molecular formula is C16H23N3O3. The summed E-state index contributed by atoms with van der Waals surface area (Å²) in [5, 5.41) is 13.5. The Morgan fingerprint density at radius 1 is 1.32 bits per heavy atom. The van der Waals surface area contributed by atoms with Gasteiger partial charge in [-0.25, -0.2) is 0 Å². The van der Waals surface area contributed by atoms with E-state index in [1.54, 1.807) is 12.1 Å². The Hall–Kier alpha value is -1.95. The molecule has 0 radical (unpaired) electrons. The number of anilines is 1. The van der Waals surface area contributed by atoms with Crippen molar-refractivity contribution in [2.75, 3.05) is 18.9 Å². The van der Waals surface area contributed by atoms with Crippen molar-refractivity contribution in [1.82, 2.24) is 4.90 Å². The fraction of sp³-hybridized carbons (Fsp3) is 0.562. The average Bonchev–Trinajstić information content (AvgIpc) is 2.76. The quantitative estimate of drug-likeness (QED) is 0.515. The Labute approximate surface area is 130 Å². The van der Waals surface area contributed by atoms with Gasteiger partial charge in [0.2, 0.25) is 5.91 Å². The van der Waals surface area contributed by atoms with Crippen LogP contribution in [0, 0.1) is 10.1 Å². The predicted octanol–water partition coefficient (Wildman–Crippen LogP) is 3.19. The minimum Gasteiger partial charge on any atom is -0.325 e. The largest absolute Gasteiger partial charge is 0.325 e. The molecule has 0 bridgehead atoms. The molecule has 0 aliphatic heterocycles. The molecule has 22 heavy (non-hydrogen) atoms. The van der Waals surface area contributed by atoms with Gasteiger partial charge < -0.3 is 5.32 Å². The number of carbonyl (C=O) groups excluding carboxylic acids is 1. The van der Waals surface area contributed by atoms with Crippen LogP contribution in [0.5, 0.6) is 0 Å². The zero-order valence-electron chi connectivity index (χ0n) is 13.0. The lowest BCUT2D eigenvalue weighted by atomic mass is 10.1. The van der Waals surface area contributed by atoms with Crippen molar-refractivity contribution in [2.24, 2.45) is 0 Å². The van der Waals surface area contributed by atoms with Gasteiger partial charge in [0.05, 0.1) is 11.5 Å². The van der Waals surface area contributed by atoms with Crippen LogP contribution < -0.4 is 5.32 Å². The minimum atomic E-state index is -0.465. The molecule has 1 aromatic carbocycles. The summed E-state index contributed by atoms with van der Waals surface area (Å²) in [4.78, 5) is 24.5. The average molecular weight is 305 g/mol. The monoisotopic (exact) mass is 305 g/mol. The minimum absolute atomic E-state index is 0.0186. The molecule has 1 saturated carbocycles. The first-order chi connectivity index (χ1) is 10.6. The number of likely N-dealkylation sites (N-methyl/N-ethyl adjacent to an activating group) is 1. The number of benzene rings is 1. The zero-order valence-corrected chi connectivity index (χ0v) is 13.0. The van der Waals surface area contributed by atoms with Gasteiger partial charge in [0, 0.05) is 23.9 Å². The van der Waals surface area contributed by atoms with E-state index < -0.39 is 4.92 Å². The second-order valence-corrected chi connectivity index (χ2v) is 5.92. The molecule has 120 valence electrons. The normalized spacial score (nSPS) is 16.3. The van der Waals surface area contributed by atoms with Gasteiger partial charge in [-0.3, -0.25) is 19.8 Å². The fourth-order valence-corrected chi connectivity index (χ4v) is 2.95. The summed E-state index contributed by atoms with van der Waals surface area (Å²) in [6, 6.07) is 6.48. The molecule has 1 aliphatic carbocycles. The lowest BCUT2D eigenvalue weighted by molar-refractivity contribution is -0.384. The van der Waals surface area contributed by atoms with Crippen molar-refractivity contribution in [1.29, 1.82) is 0 Å². The number of carbonyl (C=O) groups is 1. The van der Waals surface area contributed by atoms with Gasteiger partial charge in [0.25, 0.3) is 5.69 Å². The van der Waals surface area contributed by atoms with Crippen LogP contribution in [0.15, 0.2) is 24.3 Å². The molecule has 1 amide bonds. The lowest BCUT2D eigenvalue weighted by Gasteiger charge is -2.26. The van der Waals surface area contributed by atoms with E-state index in [1.807, 2.05) is 7.05 Å². The molecule has 0 unspecified atom stereocenters. The highest BCUT2D eigenvalue weighted by Gasteiger charge is 2.19. The van der Waals surface area contributed by atoms with E-state index in [4.69, 9.17) is 0 Å². The number of nitrogens with zero attached hydrogens (tertiary/aromatic N) is 2. The number of hydrogen-bond acceptors (Lipinski definition) is 4. The molecule has 0 saturated heterocycles. The Morgan fingerprint density at radius 3 is 2.64 bits per heavy atom. The highest BCUT2D eigenvalue weighted by Crippen LogP contribution is 2.21. The fourth-order valence-electron chi connectivity index (χ4n) is 2.95. The molecule has 1 aliphatic rings. The molecular weight excluding hydrogens is 282 g/mol. The Kier molecular flexibility index (Phi) is 5.89. The van der Waals surface area contributed by atoms with Gasteiger partial charge in [-0.2, -0.15) is 0 Å². The maximum atomic E-state index is 12.1. The number of non-ortho nitro benzene ring substituents is 1. The SMILES string of the molecule is CN(CC(=O)Nc1cccc([N+](=O)[O-])c1)C1CCCCCC1. The van der Waals surface area contributed by atoms with Crippen LogP contribution >= 0.6 is 0 Å². The van der Waals surface area contributed by atoms with Crippen molar-refractivity contribution in [2.45, 2.75) is 44.6 Å². The highest BCUT2D eigenvalue weighted by atomic mass is 16.6. The number of nitro benzene ring substituents is 1. The summed E-state index contributed by atoms with van der Waals surface area (Å²) in [7, 11) is 1.98. The zero-order chi connectivity index (χ0) is 15.9. The second kappa shape index (κ2) is 7.89. The van der Waals surface area contributed by atoms with Gasteiger partial charge in [0.1, 0.15) is 0 Å². The van der Waals surface area contributed by atoms with Crippen LogP contribution in [0.25, 0.3) is 0 Å². The lowest BCUT2D eigenvalue weighted by Crippen LogP contribution is -2.37. The van der Waals surface area contributed by atoms with E-state index >= 15 is 0 Å². The van der Waals surface area contributed by atoms with Crippen molar-refractivity contribution in [3.8, 4) is 0 Å². The van der Waals surface area contributed by atoms with Crippen LogP contribution in [-0.2, 0) is 4.79 Å². The Balaban J connectivity index is 1.89. The van der Waals surface area contributed by atoms with Gasteiger partial charge in [-0.1, -0.05) is 31.7 Å². The van der Waals surface area contributed by atoms with E-state index in [0.717, 1.165) is 12.8 Å². The summed E-state index contributed by atoms with van der Waals surface area (Å²) in [5.41, 5.74) is 0.448. The third-order valence-electron chi connectivity index (χ3n) is 4.18. The maximum absolute atomic E-state index is 12.1.